The molecule has 0 atom stereocenters. The summed E-state index contributed by atoms with van der Waals surface area (Å²) in [5, 5.41) is 3.28. The second-order valence-corrected chi connectivity index (χ2v) is 5.25. The van der Waals surface area contributed by atoms with Crippen LogP contribution < -0.4 is 14.8 Å². The molecule has 0 amide bonds. The molecule has 1 heterocycles. The molecule has 0 aliphatic carbocycles. The van der Waals surface area contributed by atoms with E-state index in [0.29, 0.717) is 0 Å². The smallest absolute Gasteiger partial charge is 0.161 e. The van der Waals surface area contributed by atoms with Gasteiger partial charge in [0.15, 0.2) is 11.5 Å². The average molecular weight is 253 g/mol. The summed E-state index contributed by atoms with van der Waals surface area (Å²) in [5.74, 6) is 4.78. The zero-order chi connectivity index (χ0) is 11.9. The summed E-state index contributed by atoms with van der Waals surface area (Å²) >= 11 is 1.96. The Morgan fingerprint density at radius 3 is 2.71 bits per heavy atom. The van der Waals surface area contributed by atoms with E-state index in [9.17, 15) is 0 Å². The predicted molar refractivity (Wildman–Crippen MR) is 72.2 cm³/mol. The molecule has 0 bridgehead atoms. The number of hydrogen-bond acceptors (Lipinski definition) is 4. The Morgan fingerprint density at radius 1 is 1.29 bits per heavy atom. The first-order valence-electron chi connectivity index (χ1n) is 5.94. The third-order valence-electron chi connectivity index (χ3n) is 2.77. The van der Waals surface area contributed by atoms with Crippen molar-refractivity contribution in [2.24, 2.45) is 5.92 Å². The van der Waals surface area contributed by atoms with Crippen LogP contribution in [0.25, 0.3) is 0 Å². The fourth-order valence-electron chi connectivity index (χ4n) is 1.66. The molecular formula is C13H19NO2S. The molecule has 0 unspecified atom stereocenters. The summed E-state index contributed by atoms with van der Waals surface area (Å²) in [7, 11) is 1.67. The summed E-state index contributed by atoms with van der Waals surface area (Å²) in [5.41, 5.74) is 0. The third-order valence-corrected chi connectivity index (χ3v) is 3.94. The standard InChI is InChI=1S/C13H19NO2S/c1-15-12-4-2-3-5-13(12)16-6-7-17-10-11-8-14-9-11/h2-5,11,14H,6-10H2,1H3. The number of rotatable bonds is 7. The van der Waals surface area contributed by atoms with Gasteiger partial charge in [0.25, 0.3) is 0 Å². The van der Waals surface area contributed by atoms with Crippen molar-refractivity contribution < 1.29 is 9.47 Å². The number of hydrogen-bond donors (Lipinski definition) is 1. The van der Waals surface area contributed by atoms with Crippen LogP contribution in [0.3, 0.4) is 0 Å². The number of ether oxygens (including phenoxy) is 2. The highest BCUT2D eigenvalue weighted by molar-refractivity contribution is 7.99. The molecule has 1 aromatic rings. The van der Waals surface area contributed by atoms with Gasteiger partial charge in [-0.2, -0.15) is 11.8 Å². The molecule has 17 heavy (non-hydrogen) atoms. The number of para-hydroxylation sites is 2. The summed E-state index contributed by atoms with van der Waals surface area (Å²) < 4.78 is 10.9. The van der Waals surface area contributed by atoms with Crippen molar-refractivity contribution in [3.8, 4) is 11.5 Å². The van der Waals surface area contributed by atoms with E-state index in [4.69, 9.17) is 9.47 Å². The van der Waals surface area contributed by atoms with E-state index in [2.05, 4.69) is 5.32 Å². The molecule has 1 fully saturated rings. The molecule has 1 aliphatic heterocycles. The lowest BCUT2D eigenvalue weighted by Crippen LogP contribution is -2.43. The Balaban J connectivity index is 1.63. The molecule has 2 rings (SSSR count). The van der Waals surface area contributed by atoms with Gasteiger partial charge >= 0.3 is 0 Å². The molecule has 0 radical (unpaired) electrons. The summed E-state index contributed by atoms with van der Waals surface area (Å²) in [6, 6.07) is 7.77. The minimum absolute atomic E-state index is 0.741. The van der Waals surface area contributed by atoms with Crippen LogP contribution >= 0.6 is 11.8 Å². The van der Waals surface area contributed by atoms with E-state index < -0.39 is 0 Å². The van der Waals surface area contributed by atoms with Gasteiger partial charge in [0, 0.05) is 5.75 Å². The summed E-state index contributed by atoms with van der Waals surface area (Å²) in [6.45, 7) is 3.10. The highest BCUT2D eigenvalue weighted by Gasteiger charge is 2.15. The molecule has 1 aromatic carbocycles. The van der Waals surface area contributed by atoms with Gasteiger partial charge in [0.05, 0.1) is 13.7 Å². The summed E-state index contributed by atoms with van der Waals surface area (Å²) in [6.07, 6.45) is 0. The van der Waals surface area contributed by atoms with Crippen LogP contribution in [0, 0.1) is 5.92 Å². The molecule has 1 N–H and O–H groups in total. The fourth-order valence-corrected chi connectivity index (χ4v) is 2.60. The van der Waals surface area contributed by atoms with Crippen LogP contribution in [-0.2, 0) is 0 Å². The number of benzene rings is 1. The maximum atomic E-state index is 5.70. The van der Waals surface area contributed by atoms with Crippen LogP contribution in [0.4, 0.5) is 0 Å². The Hall–Kier alpha value is -0.870. The second kappa shape index (κ2) is 6.77. The van der Waals surface area contributed by atoms with Crippen molar-refractivity contribution >= 4 is 11.8 Å². The third kappa shape index (κ3) is 3.82. The number of nitrogens with one attached hydrogen (secondary N) is 1. The number of thioether (sulfide) groups is 1. The van der Waals surface area contributed by atoms with Gasteiger partial charge in [0.2, 0.25) is 0 Å². The van der Waals surface area contributed by atoms with E-state index in [1.807, 2.05) is 36.0 Å². The normalized spacial score (nSPS) is 15.4. The molecule has 3 nitrogen and oxygen atoms in total. The molecule has 0 saturated carbocycles. The van der Waals surface area contributed by atoms with E-state index in [-0.39, 0.29) is 0 Å². The molecule has 0 aromatic heterocycles. The molecule has 1 saturated heterocycles. The first-order valence-corrected chi connectivity index (χ1v) is 7.10. The maximum Gasteiger partial charge on any atom is 0.161 e. The van der Waals surface area contributed by atoms with Crippen molar-refractivity contribution in [3.63, 3.8) is 0 Å². The van der Waals surface area contributed by atoms with Crippen LogP contribution in [0.1, 0.15) is 0 Å². The van der Waals surface area contributed by atoms with Crippen molar-refractivity contribution in [3.05, 3.63) is 24.3 Å². The van der Waals surface area contributed by atoms with Gasteiger partial charge in [-0.1, -0.05) is 12.1 Å². The van der Waals surface area contributed by atoms with Crippen molar-refractivity contribution in [1.82, 2.24) is 5.32 Å². The minimum atomic E-state index is 0.741. The second-order valence-electron chi connectivity index (χ2n) is 4.10. The van der Waals surface area contributed by atoms with E-state index in [0.717, 1.165) is 29.8 Å². The van der Waals surface area contributed by atoms with Crippen LogP contribution in [0.15, 0.2) is 24.3 Å². The van der Waals surface area contributed by atoms with Crippen molar-refractivity contribution in [2.45, 2.75) is 0 Å². The lowest BCUT2D eigenvalue weighted by Gasteiger charge is -2.26. The van der Waals surface area contributed by atoms with E-state index >= 15 is 0 Å². The molecular weight excluding hydrogens is 234 g/mol. The van der Waals surface area contributed by atoms with Crippen molar-refractivity contribution in [2.75, 3.05) is 38.3 Å². The van der Waals surface area contributed by atoms with E-state index in [1.165, 1.54) is 18.8 Å². The monoisotopic (exact) mass is 253 g/mol. The highest BCUT2D eigenvalue weighted by Crippen LogP contribution is 2.25. The van der Waals surface area contributed by atoms with Crippen LogP contribution in [-0.4, -0.2) is 38.3 Å². The zero-order valence-electron chi connectivity index (χ0n) is 10.1. The topological polar surface area (TPSA) is 30.5 Å². The number of methoxy groups -OCH3 is 1. The first-order chi connectivity index (χ1) is 8.40. The molecule has 1 aliphatic rings. The minimum Gasteiger partial charge on any atom is -0.493 e. The molecule has 0 spiro atoms. The van der Waals surface area contributed by atoms with Gasteiger partial charge in [-0.25, -0.2) is 0 Å². The SMILES string of the molecule is COc1ccccc1OCCSCC1CNC1. The first kappa shape index (κ1) is 12.6. The van der Waals surface area contributed by atoms with Crippen molar-refractivity contribution in [1.29, 1.82) is 0 Å². The zero-order valence-corrected chi connectivity index (χ0v) is 11.0. The molecule has 94 valence electrons. The maximum absolute atomic E-state index is 5.70. The lowest BCUT2D eigenvalue weighted by molar-refractivity contribution is 0.313. The Morgan fingerprint density at radius 2 is 2.06 bits per heavy atom. The van der Waals surface area contributed by atoms with Crippen LogP contribution in [0.5, 0.6) is 11.5 Å². The Kier molecular flexibility index (Phi) is 5.01. The highest BCUT2D eigenvalue weighted by atomic mass is 32.2. The largest absolute Gasteiger partial charge is 0.493 e. The van der Waals surface area contributed by atoms with E-state index in [1.54, 1.807) is 7.11 Å². The Bertz CT molecular complexity index is 342. The van der Waals surface area contributed by atoms with Gasteiger partial charge in [0.1, 0.15) is 0 Å². The average Bonchev–Trinajstić information content (AvgIpc) is 2.32. The summed E-state index contributed by atoms with van der Waals surface area (Å²) in [4.78, 5) is 0. The molecule has 4 heteroatoms. The Labute approximate surface area is 107 Å². The van der Waals surface area contributed by atoms with Gasteiger partial charge in [-0.3, -0.25) is 0 Å². The van der Waals surface area contributed by atoms with Gasteiger partial charge in [-0.05, 0) is 36.9 Å². The predicted octanol–water partition coefficient (Wildman–Crippen LogP) is 2.03. The lowest BCUT2D eigenvalue weighted by atomic mass is 10.1. The quantitative estimate of drug-likeness (QED) is 0.753. The van der Waals surface area contributed by atoms with Crippen LogP contribution in [0.2, 0.25) is 0 Å². The van der Waals surface area contributed by atoms with Gasteiger partial charge in [-0.15, -0.1) is 0 Å². The fraction of sp³-hybridized carbons (Fsp3) is 0.538. The van der Waals surface area contributed by atoms with Gasteiger partial charge < -0.3 is 14.8 Å².